The maximum Gasteiger partial charge on any atom is 0.238 e. The average molecular weight is 304 g/mol. The largest absolute Gasteiger partial charge is 0.486 e. The highest BCUT2D eigenvalue weighted by Crippen LogP contribution is 2.32. The molecule has 0 unspecified atom stereocenters. The first kappa shape index (κ1) is 15.2. The molecule has 1 N–H and O–H groups in total. The van der Waals surface area contributed by atoms with Crippen LogP contribution in [0.4, 0.5) is 5.69 Å². The number of nitrogens with zero attached hydrogens (tertiary/aromatic N) is 1. The summed E-state index contributed by atoms with van der Waals surface area (Å²) in [5.41, 5.74) is 0.765. The van der Waals surface area contributed by atoms with Crippen LogP contribution in [0.3, 0.4) is 0 Å². The van der Waals surface area contributed by atoms with Gasteiger partial charge in [-0.25, -0.2) is 0 Å². The number of carbonyl (C=O) groups is 1. The van der Waals surface area contributed by atoms with Crippen molar-refractivity contribution in [3.05, 3.63) is 18.2 Å². The van der Waals surface area contributed by atoms with Gasteiger partial charge in [0.25, 0.3) is 0 Å². The highest BCUT2D eigenvalue weighted by Gasteiger charge is 2.15. The van der Waals surface area contributed by atoms with Gasteiger partial charge in [-0.1, -0.05) is 19.3 Å². The molecule has 0 atom stereocenters. The van der Waals surface area contributed by atoms with E-state index in [9.17, 15) is 4.79 Å². The Bertz CT molecular complexity index is 511. The van der Waals surface area contributed by atoms with Crippen LogP contribution in [0.5, 0.6) is 11.5 Å². The van der Waals surface area contributed by atoms with E-state index >= 15 is 0 Å². The molecular weight excluding hydrogens is 280 g/mol. The third-order valence-electron chi connectivity index (χ3n) is 4.14. The normalized spacial score (nSPS) is 19.1. The Morgan fingerprint density at radius 3 is 2.45 bits per heavy atom. The van der Waals surface area contributed by atoms with Gasteiger partial charge in [0.15, 0.2) is 11.5 Å². The summed E-state index contributed by atoms with van der Waals surface area (Å²) >= 11 is 0. The lowest BCUT2D eigenvalue weighted by molar-refractivity contribution is -0.117. The highest BCUT2D eigenvalue weighted by atomic mass is 16.6. The van der Waals surface area contributed by atoms with Crippen molar-refractivity contribution < 1.29 is 14.3 Å². The van der Waals surface area contributed by atoms with Gasteiger partial charge in [-0.2, -0.15) is 0 Å². The van der Waals surface area contributed by atoms with Gasteiger partial charge in [-0.3, -0.25) is 9.69 Å². The topological polar surface area (TPSA) is 50.8 Å². The quantitative estimate of drug-likeness (QED) is 0.933. The molecule has 1 fully saturated rings. The zero-order valence-electron chi connectivity index (χ0n) is 13.0. The predicted molar refractivity (Wildman–Crippen MR) is 85.6 cm³/mol. The van der Waals surface area contributed by atoms with Gasteiger partial charge in [0.05, 0.1) is 6.54 Å². The maximum atomic E-state index is 12.2. The summed E-state index contributed by atoms with van der Waals surface area (Å²) < 4.78 is 11.0. The molecular formula is C17H24N2O3. The number of ether oxygens (including phenoxy) is 2. The van der Waals surface area contributed by atoms with Crippen molar-refractivity contribution >= 4 is 11.6 Å². The van der Waals surface area contributed by atoms with Crippen molar-refractivity contribution in [2.45, 2.75) is 32.1 Å². The Morgan fingerprint density at radius 1 is 1.00 bits per heavy atom. The molecule has 2 aliphatic heterocycles. The fourth-order valence-electron chi connectivity index (χ4n) is 3.00. The molecule has 1 aromatic carbocycles. The molecule has 0 saturated carbocycles. The van der Waals surface area contributed by atoms with Gasteiger partial charge in [-0.15, -0.1) is 0 Å². The van der Waals surface area contributed by atoms with E-state index in [1.807, 2.05) is 18.2 Å². The van der Waals surface area contributed by atoms with Crippen LogP contribution >= 0.6 is 0 Å². The number of benzene rings is 1. The highest BCUT2D eigenvalue weighted by molar-refractivity contribution is 5.92. The SMILES string of the molecule is O=C(CN1CCCCCCC1)Nc1ccc2c(c1)OCCO2. The summed E-state index contributed by atoms with van der Waals surface area (Å²) in [6.07, 6.45) is 6.27. The molecule has 0 radical (unpaired) electrons. The molecule has 22 heavy (non-hydrogen) atoms. The summed E-state index contributed by atoms with van der Waals surface area (Å²) in [6.45, 7) is 3.64. The van der Waals surface area contributed by atoms with Crippen LogP contribution in [0.15, 0.2) is 18.2 Å². The number of anilines is 1. The molecule has 5 heteroatoms. The van der Waals surface area contributed by atoms with E-state index in [4.69, 9.17) is 9.47 Å². The smallest absolute Gasteiger partial charge is 0.238 e. The van der Waals surface area contributed by atoms with E-state index in [1.165, 1.54) is 32.1 Å². The van der Waals surface area contributed by atoms with Crippen molar-refractivity contribution in [2.75, 3.05) is 38.2 Å². The van der Waals surface area contributed by atoms with Gasteiger partial charge in [0.1, 0.15) is 13.2 Å². The molecule has 2 aliphatic rings. The second-order valence-corrected chi connectivity index (χ2v) is 5.95. The molecule has 0 spiro atoms. The van der Waals surface area contributed by atoms with Crippen molar-refractivity contribution in [1.29, 1.82) is 0 Å². The Hall–Kier alpha value is -1.75. The second-order valence-electron chi connectivity index (χ2n) is 5.95. The molecule has 0 aromatic heterocycles. The predicted octanol–water partition coefficient (Wildman–Crippen LogP) is 2.66. The zero-order chi connectivity index (χ0) is 15.2. The first-order valence-electron chi connectivity index (χ1n) is 8.23. The van der Waals surface area contributed by atoms with E-state index in [-0.39, 0.29) is 5.91 Å². The van der Waals surface area contributed by atoms with Gasteiger partial charge in [0.2, 0.25) is 5.91 Å². The van der Waals surface area contributed by atoms with Gasteiger partial charge in [-0.05, 0) is 38.1 Å². The van der Waals surface area contributed by atoms with Gasteiger partial charge >= 0.3 is 0 Å². The summed E-state index contributed by atoms with van der Waals surface area (Å²) in [4.78, 5) is 14.5. The lowest BCUT2D eigenvalue weighted by Crippen LogP contribution is -2.35. The third kappa shape index (κ3) is 4.13. The fourth-order valence-corrected chi connectivity index (χ4v) is 3.00. The minimum atomic E-state index is 0.0391. The maximum absolute atomic E-state index is 12.2. The van der Waals surface area contributed by atoms with Gasteiger partial charge in [0, 0.05) is 11.8 Å². The summed E-state index contributed by atoms with van der Waals surface area (Å²) in [5.74, 6) is 1.49. The summed E-state index contributed by atoms with van der Waals surface area (Å²) in [6, 6.07) is 5.54. The monoisotopic (exact) mass is 304 g/mol. The summed E-state index contributed by atoms with van der Waals surface area (Å²) in [5, 5.41) is 2.96. The lowest BCUT2D eigenvalue weighted by atomic mass is 10.1. The first-order valence-corrected chi connectivity index (χ1v) is 8.23. The number of carbonyl (C=O) groups excluding carboxylic acids is 1. The van der Waals surface area contributed by atoms with E-state index in [2.05, 4.69) is 10.2 Å². The minimum absolute atomic E-state index is 0.0391. The van der Waals surface area contributed by atoms with Crippen molar-refractivity contribution in [1.82, 2.24) is 4.90 Å². The Kier molecular flexibility index (Phi) is 5.16. The first-order chi connectivity index (χ1) is 10.8. The number of hydrogen-bond acceptors (Lipinski definition) is 4. The van der Waals surface area contributed by atoms with Crippen molar-refractivity contribution in [3.63, 3.8) is 0 Å². The number of amides is 1. The van der Waals surface area contributed by atoms with E-state index in [0.717, 1.165) is 24.5 Å². The fraction of sp³-hybridized carbons (Fsp3) is 0.588. The number of fused-ring (bicyclic) bond motifs is 1. The average Bonchev–Trinajstić information content (AvgIpc) is 2.50. The van der Waals surface area contributed by atoms with Crippen LogP contribution in [0.1, 0.15) is 32.1 Å². The Balaban J connectivity index is 1.54. The van der Waals surface area contributed by atoms with E-state index in [0.29, 0.717) is 25.5 Å². The molecule has 1 aromatic rings. The van der Waals surface area contributed by atoms with Crippen LogP contribution in [0.2, 0.25) is 0 Å². The molecule has 0 aliphatic carbocycles. The number of hydrogen-bond donors (Lipinski definition) is 1. The van der Waals surface area contributed by atoms with Crippen LogP contribution in [-0.4, -0.2) is 43.7 Å². The second kappa shape index (κ2) is 7.49. The van der Waals surface area contributed by atoms with Crippen LogP contribution in [0.25, 0.3) is 0 Å². The molecule has 1 amide bonds. The van der Waals surface area contributed by atoms with Crippen molar-refractivity contribution in [2.24, 2.45) is 0 Å². The molecule has 120 valence electrons. The molecule has 2 heterocycles. The van der Waals surface area contributed by atoms with E-state index < -0.39 is 0 Å². The van der Waals surface area contributed by atoms with Crippen molar-refractivity contribution in [3.8, 4) is 11.5 Å². The zero-order valence-corrected chi connectivity index (χ0v) is 13.0. The van der Waals surface area contributed by atoms with Crippen LogP contribution in [-0.2, 0) is 4.79 Å². The van der Waals surface area contributed by atoms with E-state index in [1.54, 1.807) is 0 Å². The number of nitrogens with one attached hydrogen (secondary N) is 1. The minimum Gasteiger partial charge on any atom is -0.486 e. The number of likely N-dealkylation sites (tertiary alicyclic amines) is 1. The van der Waals surface area contributed by atoms with Gasteiger partial charge < -0.3 is 14.8 Å². The summed E-state index contributed by atoms with van der Waals surface area (Å²) in [7, 11) is 0. The Labute approximate surface area is 131 Å². The Morgan fingerprint density at radius 2 is 1.68 bits per heavy atom. The molecule has 0 bridgehead atoms. The third-order valence-corrected chi connectivity index (χ3v) is 4.14. The van der Waals surface area contributed by atoms with Crippen LogP contribution < -0.4 is 14.8 Å². The lowest BCUT2D eigenvalue weighted by Gasteiger charge is -2.24. The number of rotatable bonds is 3. The molecule has 5 nitrogen and oxygen atoms in total. The standard InChI is InChI=1S/C17H24N2O3/c20-17(13-19-8-4-2-1-3-5-9-19)18-14-6-7-15-16(12-14)22-11-10-21-15/h6-7,12H,1-5,8-11,13H2,(H,18,20). The van der Waals surface area contributed by atoms with Crippen LogP contribution in [0, 0.1) is 0 Å². The molecule has 3 rings (SSSR count). The molecule has 1 saturated heterocycles.